The van der Waals surface area contributed by atoms with Crippen molar-refractivity contribution in [3.8, 4) is 0 Å². The van der Waals surface area contributed by atoms with E-state index >= 15 is 0 Å². The Morgan fingerprint density at radius 2 is 1.07 bits per heavy atom. The zero-order valence-corrected chi connectivity index (χ0v) is 17.2. The molecule has 2 heteroatoms. The number of hydrogen-bond acceptors (Lipinski definition) is 2. The van der Waals surface area contributed by atoms with Crippen molar-refractivity contribution in [2.24, 2.45) is 0 Å². The van der Waals surface area contributed by atoms with E-state index < -0.39 is 0 Å². The summed E-state index contributed by atoms with van der Waals surface area (Å²) in [6, 6.07) is 36.0. The van der Waals surface area contributed by atoms with Gasteiger partial charge in [0.1, 0.15) is 0 Å². The Kier molecular flexibility index (Phi) is 3.97. The zero-order chi connectivity index (χ0) is 20.1. The van der Waals surface area contributed by atoms with Crippen LogP contribution < -0.4 is 0 Å². The van der Waals surface area contributed by atoms with Crippen molar-refractivity contribution in [3.05, 3.63) is 142 Å². The van der Waals surface area contributed by atoms with Gasteiger partial charge in [-0.1, -0.05) is 115 Å². The molecule has 1 nitrogen and oxygen atoms in total. The molecule has 0 amide bonds. The summed E-state index contributed by atoms with van der Waals surface area (Å²) in [6.45, 7) is 0. The lowest BCUT2D eigenvalue weighted by Gasteiger charge is -2.50. The molecule has 0 fully saturated rings. The summed E-state index contributed by atoms with van der Waals surface area (Å²) >= 11 is 1.44. The molecule has 2 bridgehead atoms. The van der Waals surface area contributed by atoms with Crippen LogP contribution in [0.15, 0.2) is 103 Å². The van der Waals surface area contributed by atoms with Crippen molar-refractivity contribution in [2.45, 2.75) is 11.3 Å². The standard InChI is InChI=1S/C28H20OS/c29-27(19-10-2-1-3-11-19)30-18-28-23-15-7-4-12-20(23)26(21-13-5-8-16-24(21)28)22-14-6-9-17-25(22)28/h1-17,26H,18H2. The van der Waals surface area contributed by atoms with Gasteiger partial charge in [-0.3, -0.25) is 4.79 Å². The molecule has 0 N–H and O–H groups in total. The van der Waals surface area contributed by atoms with Crippen molar-refractivity contribution in [2.75, 3.05) is 5.75 Å². The molecule has 0 aliphatic heterocycles. The van der Waals surface area contributed by atoms with Gasteiger partial charge in [-0.05, 0) is 33.4 Å². The lowest BCUT2D eigenvalue weighted by molar-refractivity contribution is 0.108. The third-order valence-corrected chi connectivity index (χ3v) is 7.70. The lowest BCUT2D eigenvalue weighted by Crippen LogP contribution is -2.44. The van der Waals surface area contributed by atoms with Crippen LogP contribution in [0.3, 0.4) is 0 Å². The van der Waals surface area contributed by atoms with E-state index in [1.807, 2.05) is 30.3 Å². The molecule has 0 heterocycles. The third-order valence-electron chi connectivity index (χ3n) is 6.62. The van der Waals surface area contributed by atoms with Gasteiger partial charge in [0.2, 0.25) is 5.12 Å². The smallest absolute Gasteiger partial charge is 0.219 e. The Labute approximate surface area is 180 Å². The minimum Gasteiger partial charge on any atom is -0.282 e. The first kappa shape index (κ1) is 17.7. The highest BCUT2D eigenvalue weighted by atomic mass is 32.2. The molecule has 0 atom stereocenters. The Bertz CT molecular complexity index is 1160. The molecule has 3 aliphatic carbocycles. The van der Waals surface area contributed by atoms with Crippen LogP contribution in [0.2, 0.25) is 0 Å². The summed E-state index contributed by atoms with van der Waals surface area (Å²) in [5, 5.41) is 0.130. The fourth-order valence-electron chi connectivity index (χ4n) is 5.41. The number of carbonyl (C=O) groups excluding carboxylic acids is 1. The topological polar surface area (TPSA) is 17.1 Å². The number of carbonyl (C=O) groups is 1. The predicted molar refractivity (Wildman–Crippen MR) is 123 cm³/mol. The maximum absolute atomic E-state index is 13.1. The SMILES string of the molecule is O=C(SCC12c3ccccc3C(c3ccccc31)c1ccccc12)c1ccccc1. The van der Waals surface area contributed by atoms with Gasteiger partial charge >= 0.3 is 0 Å². The molecule has 30 heavy (non-hydrogen) atoms. The summed E-state index contributed by atoms with van der Waals surface area (Å²) in [4.78, 5) is 13.1. The second kappa shape index (κ2) is 6.72. The molecule has 7 rings (SSSR count). The van der Waals surface area contributed by atoms with Gasteiger partial charge in [0.15, 0.2) is 0 Å². The van der Waals surface area contributed by atoms with Crippen molar-refractivity contribution < 1.29 is 4.79 Å². The predicted octanol–water partition coefficient (Wildman–Crippen LogP) is 6.40. The summed E-state index contributed by atoms with van der Waals surface area (Å²) < 4.78 is 0. The molecule has 0 unspecified atom stereocenters. The molecular weight excluding hydrogens is 384 g/mol. The van der Waals surface area contributed by atoms with Gasteiger partial charge in [-0.25, -0.2) is 0 Å². The van der Waals surface area contributed by atoms with E-state index in [-0.39, 0.29) is 16.4 Å². The van der Waals surface area contributed by atoms with Gasteiger partial charge in [0.25, 0.3) is 0 Å². The van der Waals surface area contributed by atoms with Crippen LogP contribution in [-0.4, -0.2) is 10.9 Å². The summed E-state index contributed by atoms with van der Waals surface area (Å²) in [5.41, 5.74) is 8.63. The molecule has 4 aromatic rings. The Hall–Kier alpha value is -3.10. The highest BCUT2D eigenvalue weighted by Crippen LogP contribution is 2.59. The van der Waals surface area contributed by atoms with Crippen molar-refractivity contribution in [3.63, 3.8) is 0 Å². The van der Waals surface area contributed by atoms with Gasteiger partial charge in [-0.2, -0.15) is 0 Å². The van der Waals surface area contributed by atoms with E-state index in [0.29, 0.717) is 5.75 Å². The molecule has 0 spiro atoms. The van der Waals surface area contributed by atoms with Gasteiger partial charge in [0, 0.05) is 17.2 Å². The van der Waals surface area contributed by atoms with E-state index in [2.05, 4.69) is 72.8 Å². The van der Waals surface area contributed by atoms with Crippen molar-refractivity contribution in [1.82, 2.24) is 0 Å². The largest absolute Gasteiger partial charge is 0.282 e. The zero-order valence-electron chi connectivity index (χ0n) is 16.4. The van der Waals surface area contributed by atoms with E-state index in [9.17, 15) is 4.79 Å². The van der Waals surface area contributed by atoms with Crippen LogP contribution in [0.25, 0.3) is 0 Å². The second-order valence-corrected chi connectivity index (χ2v) is 8.99. The number of rotatable bonds is 3. The highest BCUT2D eigenvalue weighted by molar-refractivity contribution is 8.14. The normalized spacial score (nSPS) is 20.2. The van der Waals surface area contributed by atoms with Crippen LogP contribution in [0, 0.1) is 0 Å². The summed E-state index contributed by atoms with van der Waals surface area (Å²) in [7, 11) is 0. The summed E-state index contributed by atoms with van der Waals surface area (Å²) in [5.74, 6) is 0.962. The highest BCUT2D eigenvalue weighted by Gasteiger charge is 2.51. The maximum Gasteiger partial charge on any atom is 0.219 e. The first-order chi connectivity index (χ1) is 14.8. The van der Waals surface area contributed by atoms with Gasteiger partial charge in [0.05, 0.1) is 5.41 Å². The molecule has 0 saturated carbocycles. The monoisotopic (exact) mass is 404 g/mol. The lowest BCUT2D eigenvalue weighted by atomic mass is 9.54. The summed E-state index contributed by atoms with van der Waals surface area (Å²) in [6.07, 6.45) is 0. The van der Waals surface area contributed by atoms with Crippen molar-refractivity contribution >= 4 is 16.9 Å². The Morgan fingerprint density at radius 1 is 0.633 bits per heavy atom. The molecule has 144 valence electrons. The fraction of sp³-hybridized carbons (Fsp3) is 0.107. The van der Waals surface area contributed by atoms with Gasteiger partial charge in [-0.15, -0.1) is 0 Å². The first-order valence-electron chi connectivity index (χ1n) is 10.3. The van der Waals surface area contributed by atoms with E-state index in [0.717, 1.165) is 5.56 Å². The second-order valence-electron chi connectivity index (χ2n) is 8.04. The number of hydrogen-bond donors (Lipinski definition) is 0. The minimum absolute atomic E-state index is 0.130. The Morgan fingerprint density at radius 3 is 1.57 bits per heavy atom. The quantitative estimate of drug-likeness (QED) is 0.393. The average molecular weight is 405 g/mol. The molecular formula is C28H20OS. The first-order valence-corrected chi connectivity index (χ1v) is 11.3. The van der Waals surface area contributed by atoms with Gasteiger partial charge < -0.3 is 0 Å². The molecule has 4 aromatic carbocycles. The minimum atomic E-state index is -0.312. The average Bonchev–Trinajstić information content (AvgIpc) is 2.83. The third kappa shape index (κ3) is 2.34. The van der Waals surface area contributed by atoms with Crippen LogP contribution >= 0.6 is 11.8 Å². The van der Waals surface area contributed by atoms with Crippen LogP contribution in [-0.2, 0) is 5.41 Å². The maximum atomic E-state index is 13.1. The number of thioether (sulfide) groups is 1. The molecule has 3 aliphatic rings. The molecule has 0 aromatic heterocycles. The molecule has 0 saturated heterocycles. The fourth-order valence-corrected chi connectivity index (χ4v) is 6.53. The van der Waals surface area contributed by atoms with Crippen molar-refractivity contribution in [1.29, 1.82) is 0 Å². The molecule has 0 radical (unpaired) electrons. The van der Waals surface area contributed by atoms with Crippen LogP contribution in [0.4, 0.5) is 0 Å². The van der Waals surface area contributed by atoms with E-state index in [1.165, 1.54) is 45.1 Å². The Balaban J connectivity index is 1.56. The van der Waals surface area contributed by atoms with Crippen LogP contribution in [0.5, 0.6) is 0 Å². The van der Waals surface area contributed by atoms with E-state index in [1.54, 1.807) is 0 Å². The van der Waals surface area contributed by atoms with E-state index in [4.69, 9.17) is 0 Å². The van der Waals surface area contributed by atoms with Crippen LogP contribution in [0.1, 0.15) is 49.7 Å². The number of benzene rings is 4.